The summed E-state index contributed by atoms with van der Waals surface area (Å²) >= 11 is 2.15. The van der Waals surface area contributed by atoms with E-state index in [4.69, 9.17) is 14.2 Å². The molecule has 0 radical (unpaired) electrons. The Kier molecular flexibility index (Phi) is 9.51. The van der Waals surface area contributed by atoms with Crippen LogP contribution in [0.25, 0.3) is 0 Å². The van der Waals surface area contributed by atoms with Crippen LogP contribution in [-0.2, 0) is 11.3 Å². The second-order valence-electron chi connectivity index (χ2n) is 9.97. The lowest BCUT2D eigenvalue weighted by Crippen LogP contribution is -2.46. The van der Waals surface area contributed by atoms with E-state index in [2.05, 4.69) is 27.6 Å². The highest BCUT2D eigenvalue weighted by Crippen LogP contribution is 2.28. The normalized spacial score (nSPS) is 15.4. The Morgan fingerprint density at radius 3 is 2.44 bits per heavy atom. The number of aromatic amines is 1. The van der Waals surface area contributed by atoms with Crippen LogP contribution in [0.15, 0.2) is 30.5 Å². The Labute approximate surface area is 226 Å². The Morgan fingerprint density at radius 2 is 1.89 bits per heavy atom. The molecule has 2 heterocycles. The quantitative estimate of drug-likeness (QED) is 0.431. The zero-order valence-corrected chi connectivity index (χ0v) is 23.7. The van der Waals surface area contributed by atoms with Gasteiger partial charge in [0.1, 0.15) is 22.8 Å². The largest absolute Gasteiger partial charge is 0.497 e. The Bertz CT molecular complexity index is 1040. The molecule has 198 valence electrons. The van der Waals surface area contributed by atoms with Gasteiger partial charge < -0.3 is 34.1 Å². The molecular formula is C26H36IN3O6. The summed E-state index contributed by atoms with van der Waals surface area (Å²) in [5.41, 5.74) is 0.714. The van der Waals surface area contributed by atoms with Gasteiger partial charge in [-0.05, 0) is 80.3 Å². The van der Waals surface area contributed by atoms with Gasteiger partial charge in [0.05, 0.1) is 20.3 Å². The maximum atomic E-state index is 13.4. The zero-order valence-electron chi connectivity index (χ0n) is 21.5. The molecule has 0 bridgehead atoms. The smallest absolute Gasteiger partial charge is 0.410 e. The Morgan fingerprint density at radius 1 is 1.19 bits per heavy atom. The minimum atomic E-state index is -0.743. The molecule has 1 aromatic carbocycles. The van der Waals surface area contributed by atoms with Crippen molar-refractivity contribution in [1.82, 2.24) is 14.8 Å². The Hall–Kier alpha value is -2.47. The molecule has 9 nitrogen and oxygen atoms in total. The number of aromatic nitrogens is 1. The van der Waals surface area contributed by atoms with Crippen LogP contribution in [0.3, 0.4) is 0 Å². The highest BCUT2D eigenvalue weighted by molar-refractivity contribution is 14.1. The average molecular weight is 613 g/mol. The third-order valence-electron chi connectivity index (χ3n) is 6.16. The highest BCUT2D eigenvalue weighted by atomic mass is 127. The molecular weight excluding hydrogens is 577 g/mol. The van der Waals surface area contributed by atoms with Crippen LogP contribution in [-0.4, -0.2) is 77.4 Å². The van der Waals surface area contributed by atoms with Gasteiger partial charge in [-0.1, -0.05) is 0 Å². The summed E-state index contributed by atoms with van der Waals surface area (Å²) in [6.45, 7) is 6.95. The number of piperidine rings is 1. The van der Waals surface area contributed by atoms with Crippen LogP contribution in [0.5, 0.6) is 11.5 Å². The van der Waals surface area contributed by atoms with E-state index in [0.717, 1.165) is 9.13 Å². The number of amides is 2. The van der Waals surface area contributed by atoms with Crippen molar-refractivity contribution in [2.24, 2.45) is 5.92 Å². The molecule has 1 aliphatic heterocycles. The van der Waals surface area contributed by atoms with Crippen LogP contribution in [0.4, 0.5) is 4.79 Å². The summed E-state index contributed by atoms with van der Waals surface area (Å²) in [4.78, 5) is 32.1. The van der Waals surface area contributed by atoms with E-state index < -0.39 is 11.7 Å². The van der Waals surface area contributed by atoms with E-state index in [1.165, 1.54) is 0 Å². The number of rotatable bonds is 8. The molecule has 1 unspecified atom stereocenters. The molecule has 2 N–H and O–H groups in total. The lowest BCUT2D eigenvalue weighted by Gasteiger charge is -2.36. The molecule has 0 spiro atoms. The number of likely N-dealkylation sites (tertiary alicyclic amines) is 1. The van der Waals surface area contributed by atoms with Gasteiger partial charge in [-0.15, -0.1) is 0 Å². The fourth-order valence-electron chi connectivity index (χ4n) is 4.24. The lowest BCUT2D eigenvalue weighted by atomic mass is 9.91. The summed E-state index contributed by atoms with van der Waals surface area (Å²) in [7, 11) is 3.16. The molecule has 0 saturated carbocycles. The molecule has 1 aromatic heterocycles. The third-order valence-corrected chi connectivity index (χ3v) is 6.79. The number of ether oxygens (including phenoxy) is 3. The fraction of sp³-hybridized carbons (Fsp3) is 0.538. The van der Waals surface area contributed by atoms with Crippen molar-refractivity contribution < 1.29 is 28.9 Å². The van der Waals surface area contributed by atoms with Gasteiger partial charge in [-0.25, -0.2) is 4.79 Å². The molecule has 10 heteroatoms. The van der Waals surface area contributed by atoms with Gasteiger partial charge in [-0.3, -0.25) is 4.79 Å². The lowest BCUT2D eigenvalue weighted by molar-refractivity contribution is 0.00218. The standard InChI is InChI=1S/C26H36IN3O6/c1-26(2,3)36-25(33)29-10-8-17(9-11-29)22(31)16-30(24(32)21-12-19(27)14-28-21)15-18-6-7-20(34-4)13-23(18)35-5/h6-7,12-14,17,22,28,31H,8-11,15-16H2,1-5H3. The molecule has 36 heavy (non-hydrogen) atoms. The minimum Gasteiger partial charge on any atom is -0.497 e. The summed E-state index contributed by atoms with van der Waals surface area (Å²) in [6, 6.07) is 7.24. The van der Waals surface area contributed by atoms with Gasteiger partial charge in [-0.2, -0.15) is 0 Å². The van der Waals surface area contributed by atoms with E-state index in [1.54, 1.807) is 42.3 Å². The summed E-state index contributed by atoms with van der Waals surface area (Å²) < 4.78 is 17.2. The van der Waals surface area contributed by atoms with Gasteiger partial charge >= 0.3 is 6.09 Å². The minimum absolute atomic E-state index is 0.0412. The second kappa shape index (κ2) is 12.2. The van der Waals surface area contributed by atoms with Crippen LogP contribution in [0.1, 0.15) is 49.7 Å². The van der Waals surface area contributed by atoms with Crippen molar-refractivity contribution >= 4 is 34.6 Å². The average Bonchev–Trinajstić information content (AvgIpc) is 3.28. The van der Waals surface area contributed by atoms with Crippen molar-refractivity contribution in [3.05, 3.63) is 45.3 Å². The number of nitrogens with one attached hydrogen (secondary N) is 1. The predicted molar refractivity (Wildman–Crippen MR) is 144 cm³/mol. The van der Waals surface area contributed by atoms with Crippen molar-refractivity contribution in [3.63, 3.8) is 0 Å². The van der Waals surface area contributed by atoms with E-state index in [1.807, 2.05) is 32.9 Å². The van der Waals surface area contributed by atoms with Crippen LogP contribution >= 0.6 is 22.6 Å². The first-order valence-electron chi connectivity index (χ1n) is 12.0. The van der Waals surface area contributed by atoms with Gasteiger partial charge in [0.25, 0.3) is 5.91 Å². The molecule has 1 aliphatic rings. The number of aliphatic hydroxyl groups excluding tert-OH is 1. The van der Waals surface area contributed by atoms with Gasteiger partial charge in [0, 0.05) is 47.6 Å². The molecule has 2 aromatic rings. The maximum absolute atomic E-state index is 13.4. The fourth-order valence-corrected chi connectivity index (χ4v) is 4.70. The van der Waals surface area contributed by atoms with Crippen LogP contribution in [0, 0.1) is 9.49 Å². The molecule has 0 aliphatic carbocycles. The molecule has 1 saturated heterocycles. The molecule has 1 atom stereocenters. The third kappa shape index (κ3) is 7.52. The number of H-pyrrole nitrogens is 1. The first-order valence-corrected chi connectivity index (χ1v) is 13.1. The number of hydrogen-bond acceptors (Lipinski definition) is 6. The summed E-state index contributed by atoms with van der Waals surface area (Å²) in [6.07, 6.45) is 1.96. The van der Waals surface area contributed by atoms with Crippen molar-refractivity contribution in [1.29, 1.82) is 0 Å². The molecule has 2 amide bonds. The second-order valence-corrected chi connectivity index (χ2v) is 11.2. The zero-order chi connectivity index (χ0) is 26.5. The van der Waals surface area contributed by atoms with E-state index in [0.29, 0.717) is 43.1 Å². The number of aliphatic hydroxyl groups is 1. The predicted octanol–water partition coefficient (Wildman–Crippen LogP) is 4.29. The maximum Gasteiger partial charge on any atom is 0.410 e. The molecule has 3 rings (SSSR count). The van der Waals surface area contributed by atoms with Crippen molar-refractivity contribution in [2.75, 3.05) is 33.9 Å². The number of carbonyl (C=O) groups excluding carboxylic acids is 2. The summed E-state index contributed by atoms with van der Waals surface area (Å²) in [5, 5.41) is 11.2. The highest BCUT2D eigenvalue weighted by Gasteiger charge is 2.32. The number of halogens is 1. The van der Waals surface area contributed by atoms with Crippen LogP contribution in [0.2, 0.25) is 0 Å². The van der Waals surface area contributed by atoms with Gasteiger partial charge in [0.15, 0.2) is 0 Å². The Balaban J connectivity index is 1.72. The van der Waals surface area contributed by atoms with Crippen LogP contribution < -0.4 is 9.47 Å². The monoisotopic (exact) mass is 613 g/mol. The van der Waals surface area contributed by atoms with E-state index >= 15 is 0 Å². The number of methoxy groups -OCH3 is 2. The number of carbonyl (C=O) groups is 2. The number of hydrogen-bond donors (Lipinski definition) is 2. The SMILES string of the molecule is COc1ccc(CN(CC(O)C2CCN(C(=O)OC(C)(C)C)CC2)C(=O)c2cc(I)c[nH]2)c(OC)c1. The number of nitrogens with zero attached hydrogens (tertiary/aromatic N) is 2. The first kappa shape index (κ1) is 28.1. The number of benzene rings is 1. The topological polar surface area (TPSA) is 104 Å². The first-order chi connectivity index (χ1) is 17.0. The van der Waals surface area contributed by atoms with E-state index in [-0.39, 0.29) is 31.0 Å². The van der Waals surface area contributed by atoms with Gasteiger partial charge in [0.2, 0.25) is 0 Å². The van der Waals surface area contributed by atoms with Crippen molar-refractivity contribution in [3.8, 4) is 11.5 Å². The van der Waals surface area contributed by atoms with E-state index in [9.17, 15) is 14.7 Å². The molecule has 1 fully saturated rings. The summed E-state index contributed by atoms with van der Waals surface area (Å²) in [5.74, 6) is 1.01. The van der Waals surface area contributed by atoms with Crippen molar-refractivity contribution in [2.45, 2.75) is 51.9 Å².